The van der Waals surface area contributed by atoms with Crippen molar-refractivity contribution in [3.63, 3.8) is 0 Å². The summed E-state index contributed by atoms with van der Waals surface area (Å²) in [6.45, 7) is 3.76. The van der Waals surface area contributed by atoms with Gasteiger partial charge in [-0.1, -0.05) is 24.2 Å². The molecule has 1 nitrogen and oxygen atoms in total. The van der Waals surface area contributed by atoms with Gasteiger partial charge in [0.25, 0.3) is 0 Å². The third-order valence-corrected chi connectivity index (χ3v) is 1.84. The van der Waals surface area contributed by atoms with Gasteiger partial charge in [0.1, 0.15) is 13.7 Å². The van der Waals surface area contributed by atoms with Gasteiger partial charge in [-0.15, -0.1) is 0 Å². The molecule has 0 unspecified atom stereocenters. The Morgan fingerprint density at radius 1 is 1.46 bits per heavy atom. The minimum Gasteiger partial charge on any atom is -0.378 e. The molecule has 3 heteroatoms. The first-order valence-corrected chi connectivity index (χ1v) is 3.94. The van der Waals surface area contributed by atoms with Gasteiger partial charge in [-0.2, -0.15) is 0 Å². The molecule has 0 spiro atoms. The number of hydrogen-bond acceptors (Lipinski definition) is 1. The second-order valence-electron chi connectivity index (χ2n) is 3.08. The summed E-state index contributed by atoms with van der Waals surface area (Å²) in [5, 5.41) is 0. The Morgan fingerprint density at radius 2 is 2.08 bits per heavy atom. The van der Waals surface area contributed by atoms with E-state index >= 15 is 0 Å². The van der Waals surface area contributed by atoms with Gasteiger partial charge in [-0.25, -0.2) is 4.39 Å². The molecular weight excluding hydrogens is 164 g/mol. The third kappa shape index (κ3) is 2.11. The van der Waals surface area contributed by atoms with Gasteiger partial charge in [0, 0.05) is 25.4 Å². The van der Waals surface area contributed by atoms with Crippen LogP contribution in [0.3, 0.4) is 0 Å². The summed E-state index contributed by atoms with van der Waals surface area (Å²) in [6, 6.07) is 4.59. The molecule has 0 fully saturated rings. The molecule has 0 aliphatic heterocycles. The number of nitrogens with zero attached hydrogens (tertiary/aromatic N) is 1. The molecule has 0 aliphatic carbocycles. The van der Waals surface area contributed by atoms with Gasteiger partial charge in [-0.05, 0) is 6.07 Å². The van der Waals surface area contributed by atoms with Gasteiger partial charge in [0.05, 0.1) is 0 Å². The molecule has 0 bridgehead atoms. The van der Waals surface area contributed by atoms with Crippen LogP contribution in [-0.4, -0.2) is 26.8 Å². The maximum atomic E-state index is 13.3. The quantitative estimate of drug-likeness (QED) is 0.609. The Morgan fingerprint density at radius 3 is 2.54 bits per heavy atom. The average molecular weight is 175 g/mol. The maximum Gasteiger partial charge on any atom is 0.131 e. The largest absolute Gasteiger partial charge is 0.378 e. The molecule has 0 atom stereocenters. The molecule has 0 N–H and O–H groups in total. The van der Waals surface area contributed by atoms with Crippen LogP contribution >= 0.6 is 0 Å². The fraction of sp³-hybridized carbons (Fsp3) is 0.200. The van der Waals surface area contributed by atoms with E-state index in [0.717, 1.165) is 0 Å². The van der Waals surface area contributed by atoms with Crippen LogP contribution in [0.25, 0.3) is 5.70 Å². The monoisotopic (exact) mass is 175 g/mol. The first-order valence-electron chi connectivity index (χ1n) is 3.94. The highest BCUT2D eigenvalue weighted by atomic mass is 19.1. The van der Waals surface area contributed by atoms with E-state index in [9.17, 15) is 4.39 Å². The molecule has 2 radical (unpaired) electrons. The van der Waals surface area contributed by atoms with E-state index in [1.165, 1.54) is 6.07 Å². The number of hydrogen-bond donors (Lipinski definition) is 0. The van der Waals surface area contributed by atoms with E-state index < -0.39 is 0 Å². The number of halogens is 1. The summed E-state index contributed by atoms with van der Waals surface area (Å²) >= 11 is 0. The predicted molar refractivity (Wildman–Crippen MR) is 54.5 cm³/mol. The van der Waals surface area contributed by atoms with Crippen molar-refractivity contribution in [1.82, 2.24) is 4.90 Å². The Bertz CT molecular complexity index is 334. The van der Waals surface area contributed by atoms with Crippen LogP contribution in [0.15, 0.2) is 24.8 Å². The third-order valence-electron chi connectivity index (χ3n) is 1.84. The van der Waals surface area contributed by atoms with Crippen LogP contribution in [0.4, 0.5) is 4.39 Å². The predicted octanol–water partition coefficient (Wildman–Crippen LogP) is 1.15. The molecule has 1 aromatic rings. The smallest absolute Gasteiger partial charge is 0.131 e. The summed E-state index contributed by atoms with van der Waals surface area (Å²) in [5.41, 5.74) is 1.55. The molecule has 0 saturated heterocycles. The van der Waals surface area contributed by atoms with Crippen molar-refractivity contribution < 1.29 is 4.39 Å². The van der Waals surface area contributed by atoms with Crippen molar-refractivity contribution in [2.24, 2.45) is 0 Å². The second-order valence-corrected chi connectivity index (χ2v) is 3.08. The van der Waals surface area contributed by atoms with Crippen molar-refractivity contribution in [2.75, 3.05) is 14.1 Å². The first kappa shape index (κ1) is 9.84. The highest BCUT2D eigenvalue weighted by Crippen LogP contribution is 2.16. The zero-order chi connectivity index (χ0) is 10.0. The van der Waals surface area contributed by atoms with E-state index in [1.54, 1.807) is 17.0 Å². The van der Waals surface area contributed by atoms with Crippen LogP contribution < -0.4 is 5.46 Å². The molecular formula is C10H11BFN. The molecule has 0 saturated carbocycles. The van der Waals surface area contributed by atoms with Gasteiger partial charge in [0.2, 0.25) is 0 Å². The van der Waals surface area contributed by atoms with Crippen LogP contribution in [0.2, 0.25) is 0 Å². The summed E-state index contributed by atoms with van der Waals surface area (Å²) in [5.74, 6) is -0.335. The second kappa shape index (κ2) is 3.65. The van der Waals surface area contributed by atoms with Crippen molar-refractivity contribution in [2.45, 2.75) is 0 Å². The summed E-state index contributed by atoms with van der Waals surface area (Å²) in [7, 11) is 9.06. The summed E-state index contributed by atoms with van der Waals surface area (Å²) in [4.78, 5) is 1.76. The van der Waals surface area contributed by atoms with Gasteiger partial charge in [-0.3, -0.25) is 0 Å². The highest BCUT2D eigenvalue weighted by Gasteiger charge is 2.06. The van der Waals surface area contributed by atoms with E-state index in [-0.39, 0.29) is 5.82 Å². The van der Waals surface area contributed by atoms with Crippen molar-refractivity contribution in [1.29, 1.82) is 0 Å². The van der Waals surface area contributed by atoms with Crippen LogP contribution in [-0.2, 0) is 0 Å². The normalized spacial score (nSPS) is 9.77. The lowest BCUT2D eigenvalue weighted by molar-refractivity contribution is 0.574. The topological polar surface area (TPSA) is 3.24 Å². The molecule has 1 aromatic carbocycles. The lowest BCUT2D eigenvalue weighted by Crippen LogP contribution is -2.12. The van der Waals surface area contributed by atoms with E-state index in [0.29, 0.717) is 16.7 Å². The molecule has 13 heavy (non-hydrogen) atoms. The van der Waals surface area contributed by atoms with Crippen LogP contribution in [0.1, 0.15) is 5.56 Å². The van der Waals surface area contributed by atoms with Gasteiger partial charge >= 0.3 is 0 Å². The lowest BCUT2D eigenvalue weighted by Gasteiger charge is -2.16. The van der Waals surface area contributed by atoms with E-state index in [2.05, 4.69) is 6.58 Å². The molecule has 0 heterocycles. The zero-order valence-electron chi connectivity index (χ0n) is 7.84. The molecule has 0 amide bonds. The fourth-order valence-electron chi connectivity index (χ4n) is 1.01. The average Bonchev–Trinajstić information content (AvgIpc) is 2.03. The minimum atomic E-state index is -0.335. The van der Waals surface area contributed by atoms with E-state index in [1.807, 2.05) is 14.1 Å². The molecule has 1 rings (SSSR count). The highest BCUT2D eigenvalue weighted by molar-refractivity contribution is 6.32. The SMILES string of the molecule is [B]c1ccc(C(=C)N(C)C)c(F)c1. The maximum absolute atomic E-state index is 13.3. The Balaban J connectivity index is 3.09. The first-order chi connectivity index (χ1) is 6.02. The molecule has 0 aliphatic rings. The Labute approximate surface area is 79.3 Å². The van der Waals surface area contributed by atoms with Crippen molar-refractivity contribution in [3.8, 4) is 0 Å². The number of rotatable bonds is 2. The van der Waals surface area contributed by atoms with Crippen molar-refractivity contribution >= 4 is 19.0 Å². The zero-order valence-corrected chi connectivity index (χ0v) is 7.84. The minimum absolute atomic E-state index is 0.335. The van der Waals surface area contributed by atoms with Crippen molar-refractivity contribution in [3.05, 3.63) is 36.2 Å². The Kier molecular flexibility index (Phi) is 2.76. The van der Waals surface area contributed by atoms with Crippen LogP contribution in [0, 0.1) is 5.82 Å². The Hall–Kier alpha value is -1.25. The summed E-state index contributed by atoms with van der Waals surface area (Å²) in [6.07, 6.45) is 0. The molecule has 0 aromatic heterocycles. The summed E-state index contributed by atoms with van der Waals surface area (Å²) < 4.78 is 13.3. The van der Waals surface area contributed by atoms with Crippen LogP contribution in [0.5, 0.6) is 0 Å². The molecule has 66 valence electrons. The van der Waals surface area contributed by atoms with E-state index in [4.69, 9.17) is 7.85 Å². The van der Waals surface area contributed by atoms with Gasteiger partial charge in [0.15, 0.2) is 0 Å². The standard InChI is InChI=1S/C10H11BFN/c1-7(13(2)3)9-5-4-8(11)6-10(9)12/h4-6H,1H2,2-3H3. The number of benzene rings is 1. The fourth-order valence-corrected chi connectivity index (χ4v) is 1.01. The lowest BCUT2D eigenvalue weighted by atomic mass is 9.94. The van der Waals surface area contributed by atoms with Gasteiger partial charge < -0.3 is 4.90 Å².